The number of nitrogens with one attached hydrogen (secondary N) is 1. The number of aromatic nitrogens is 3. The molecule has 0 atom stereocenters. The minimum absolute atomic E-state index is 0.0320. The number of amides is 1. The molecule has 3 rings (SSSR count). The molecular weight excluding hydrogens is 443 g/mol. The number of esters is 1. The minimum atomic E-state index is -0.678. The lowest BCUT2D eigenvalue weighted by atomic mass is 10.2. The normalized spacial score (nSPS) is 10.7. The average molecular weight is 456 g/mol. The van der Waals surface area contributed by atoms with Gasteiger partial charge in [-0.05, 0) is 24.3 Å². The molecule has 0 aliphatic rings. The van der Waals surface area contributed by atoms with Crippen LogP contribution in [0.25, 0.3) is 10.9 Å². The van der Waals surface area contributed by atoms with Crippen LogP contribution in [0.2, 0.25) is 15.1 Å². The summed E-state index contributed by atoms with van der Waals surface area (Å²) in [6.45, 7) is -0.566. The van der Waals surface area contributed by atoms with Crippen molar-refractivity contribution in [2.75, 3.05) is 11.9 Å². The van der Waals surface area contributed by atoms with Gasteiger partial charge in [-0.2, -0.15) is 0 Å². The van der Waals surface area contributed by atoms with E-state index in [9.17, 15) is 14.4 Å². The van der Waals surface area contributed by atoms with Gasteiger partial charge in [0, 0.05) is 0 Å². The van der Waals surface area contributed by atoms with Crippen molar-refractivity contribution in [2.45, 2.75) is 13.0 Å². The highest BCUT2D eigenvalue weighted by molar-refractivity contribution is 6.44. The number of carbonyl (C=O) groups is 2. The smallest absolute Gasteiger partial charge is 0.308 e. The number of fused-ring (bicyclic) bond motifs is 1. The Kier molecular flexibility index (Phi) is 6.68. The Balaban J connectivity index is 1.53. The van der Waals surface area contributed by atoms with E-state index in [0.717, 1.165) is 4.68 Å². The second-order valence-electron chi connectivity index (χ2n) is 5.84. The van der Waals surface area contributed by atoms with Crippen molar-refractivity contribution < 1.29 is 14.3 Å². The number of rotatable bonds is 6. The van der Waals surface area contributed by atoms with E-state index in [1.165, 1.54) is 12.1 Å². The first-order valence-electron chi connectivity index (χ1n) is 8.27. The molecule has 0 fully saturated rings. The molecule has 0 saturated carbocycles. The van der Waals surface area contributed by atoms with Gasteiger partial charge in [-0.15, -0.1) is 5.10 Å². The fourth-order valence-electron chi connectivity index (χ4n) is 2.39. The summed E-state index contributed by atoms with van der Waals surface area (Å²) < 4.78 is 5.97. The second-order valence-corrected chi connectivity index (χ2v) is 7.06. The third kappa shape index (κ3) is 5.23. The fourth-order valence-corrected chi connectivity index (χ4v) is 2.98. The molecule has 1 amide bonds. The lowest BCUT2D eigenvalue weighted by molar-refractivity contribution is -0.147. The van der Waals surface area contributed by atoms with Crippen molar-refractivity contribution >= 4 is 63.3 Å². The highest BCUT2D eigenvalue weighted by atomic mass is 35.5. The number of nitrogens with zero attached hydrogens (tertiary/aromatic N) is 3. The van der Waals surface area contributed by atoms with Crippen LogP contribution in [-0.2, 0) is 20.9 Å². The molecule has 0 aliphatic carbocycles. The SMILES string of the molecule is O=C(COC(=O)CCn1nnc2ccccc2c1=O)Nc1cc(Cl)c(Cl)cc1Cl. The van der Waals surface area contributed by atoms with Crippen molar-refractivity contribution in [3.8, 4) is 0 Å². The number of hydrogen-bond acceptors (Lipinski definition) is 6. The lowest BCUT2D eigenvalue weighted by Crippen LogP contribution is -2.26. The molecule has 29 heavy (non-hydrogen) atoms. The van der Waals surface area contributed by atoms with Crippen molar-refractivity contribution in [2.24, 2.45) is 0 Å². The van der Waals surface area contributed by atoms with Crippen LogP contribution in [0.4, 0.5) is 5.69 Å². The van der Waals surface area contributed by atoms with Gasteiger partial charge in [0.1, 0.15) is 5.52 Å². The van der Waals surface area contributed by atoms with Gasteiger partial charge in [0.05, 0.1) is 39.1 Å². The van der Waals surface area contributed by atoms with Gasteiger partial charge in [0.15, 0.2) is 6.61 Å². The summed E-state index contributed by atoms with van der Waals surface area (Å²) in [5, 5.41) is 11.2. The predicted octanol–water partition coefficient (Wildman–Crippen LogP) is 3.32. The van der Waals surface area contributed by atoms with Crippen LogP contribution in [0.1, 0.15) is 6.42 Å². The molecule has 0 unspecified atom stereocenters. The summed E-state index contributed by atoms with van der Waals surface area (Å²) >= 11 is 17.7. The van der Waals surface area contributed by atoms with Gasteiger partial charge >= 0.3 is 5.97 Å². The van der Waals surface area contributed by atoms with Crippen LogP contribution in [-0.4, -0.2) is 33.5 Å². The molecule has 150 valence electrons. The Morgan fingerprint density at radius 3 is 2.59 bits per heavy atom. The quantitative estimate of drug-likeness (QED) is 0.452. The second kappa shape index (κ2) is 9.21. The molecule has 1 heterocycles. The van der Waals surface area contributed by atoms with Crippen molar-refractivity contribution in [1.29, 1.82) is 0 Å². The first-order chi connectivity index (χ1) is 13.8. The van der Waals surface area contributed by atoms with Crippen LogP contribution in [0.15, 0.2) is 41.2 Å². The molecule has 0 radical (unpaired) electrons. The number of anilines is 1. The maximum atomic E-state index is 12.3. The molecule has 0 bridgehead atoms. The van der Waals surface area contributed by atoms with Gasteiger partial charge < -0.3 is 10.1 Å². The zero-order chi connectivity index (χ0) is 21.0. The molecule has 8 nitrogen and oxygen atoms in total. The van der Waals surface area contributed by atoms with E-state index < -0.39 is 18.5 Å². The first-order valence-corrected chi connectivity index (χ1v) is 9.41. The van der Waals surface area contributed by atoms with E-state index in [4.69, 9.17) is 39.5 Å². The monoisotopic (exact) mass is 454 g/mol. The third-order valence-electron chi connectivity index (χ3n) is 3.81. The minimum Gasteiger partial charge on any atom is -0.456 e. The van der Waals surface area contributed by atoms with Crippen molar-refractivity contribution in [3.63, 3.8) is 0 Å². The first kappa shape index (κ1) is 21.0. The van der Waals surface area contributed by atoms with Gasteiger partial charge in [-0.3, -0.25) is 14.4 Å². The Bertz CT molecular complexity index is 1150. The highest BCUT2D eigenvalue weighted by Gasteiger charge is 2.13. The number of carbonyl (C=O) groups excluding carboxylic acids is 2. The molecule has 0 spiro atoms. The van der Waals surface area contributed by atoms with E-state index in [-0.39, 0.29) is 39.3 Å². The number of hydrogen-bond donors (Lipinski definition) is 1. The summed E-state index contributed by atoms with van der Waals surface area (Å²) in [5.41, 5.74) is 0.337. The molecule has 0 saturated heterocycles. The molecular formula is C18H13Cl3N4O4. The standard InChI is InChI=1S/C18H13Cl3N4O4/c19-11-7-13(21)15(8-12(11)20)22-16(26)9-29-17(27)5-6-25-18(28)10-3-1-2-4-14(10)23-24-25/h1-4,7-8H,5-6,9H2,(H,22,26). The van der Waals surface area contributed by atoms with Crippen molar-refractivity contribution in [3.05, 3.63) is 61.8 Å². The summed E-state index contributed by atoms with van der Waals surface area (Å²) in [5.74, 6) is -1.29. The summed E-state index contributed by atoms with van der Waals surface area (Å²) in [6, 6.07) is 9.52. The van der Waals surface area contributed by atoms with E-state index in [0.29, 0.717) is 10.9 Å². The Morgan fingerprint density at radius 2 is 1.79 bits per heavy atom. The topological polar surface area (TPSA) is 103 Å². The maximum absolute atomic E-state index is 12.3. The van der Waals surface area contributed by atoms with E-state index in [1.807, 2.05) is 0 Å². The van der Waals surface area contributed by atoms with E-state index in [1.54, 1.807) is 24.3 Å². The molecule has 1 N–H and O–H groups in total. The van der Waals surface area contributed by atoms with Crippen LogP contribution in [0.3, 0.4) is 0 Å². The van der Waals surface area contributed by atoms with Gasteiger partial charge in [0.2, 0.25) is 0 Å². The lowest BCUT2D eigenvalue weighted by Gasteiger charge is -2.09. The van der Waals surface area contributed by atoms with Crippen LogP contribution < -0.4 is 10.9 Å². The Morgan fingerprint density at radius 1 is 1.07 bits per heavy atom. The largest absolute Gasteiger partial charge is 0.456 e. The zero-order valence-corrected chi connectivity index (χ0v) is 17.0. The van der Waals surface area contributed by atoms with Crippen LogP contribution in [0.5, 0.6) is 0 Å². The molecule has 2 aromatic carbocycles. The van der Waals surface area contributed by atoms with Crippen molar-refractivity contribution in [1.82, 2.24) is 15.0 Å². The fraction of sp³-hybridized carbons (Fsp3) is 0.167. The molecule has 11 heteroatoms. The third-order valence-corrected chi connectivity index (χ3v) is 4.84. The van der Waals surface area contributed by atoms with Gasteiger partial charge in [-0.25, -0.2) is 4.68 Å². The number of halogens is 3. The molecule has 1 aromatic heterocycles. The van der Waals surface area contributed by atoms with Gasteiger partial charge in [-0.1, -0.05) is 52.1 Å². The van der Waals surface area contributed by atoms with E-state index in [2.05, 4.69) is 15.6 Å². The highest BCUT2D eigenvalue weighted by Crippen LogP contribution is 2.32. The summed E-state index contributed by atoms with van der Waals surface area (Å²) in [4.78, 5) is 36.1. The summed E-state index contributed by atoms with van der Waals surface area (Å²) in [7, 11) is 0. The Hall–Kier alpha value is -2.68. The predicted molar refractivity (Wildman–Crippen MR) is 109 cm³/mol. The Labute approximate surface area is 179 Å². The van der Waals surface area contributed by atoms with Crippen LogP contribution >= 0.6 is 34.8 Å². The number of ether oxygens (including phenoxy) is 1. The zero-order valence-electron chi connectivity index (χ0n) is 14.7. The number of aryl methyl sites for hydroxylation is 1. The molecule has 0 aliphatic heterocycles. The van der Waals surface area contributed by atoms with Gasteiger partial charge in [0.25, 0.3) is 11.5 Å². The molecule has 3 aromatic rings. The van der Waals surface area contributed by atoms with E-state index >= 15 is 0 Å². The summed E-state index contributed by atoms with van der Waals surface area (Å²) in [6.07, 6.45) is -0.159. The maximum Gasteiger partial charge on any atom is 0.308 e. The number of benzene rings is 2. The van der Waals surface area contributed by atoms with Crippen LogP contribution in [0, 0.1) is 0 Å². The average Bonchev–Trinajstić information content (AvgIpc) is 2.70.